The molecule has 1 rings (SSSR count). The summed E-state index contributed by atoms with van der Waals surface area (Å²) in [6.45, 7) is 1.29. The summed E-state index contributed by atoms with van der Waals surface area (Å²) in [5.74, 6) is 0. The average molecular weight is 247 g/mol. The van der Waals surface area contributed by atoms with E-state index in [1.807, 2.05) is 0 Å². The third-order valence-electron chi connectivity index (χ3n) is 1.84. The van der Waals surface area contributed by atoms with Gasteiger partial charge in [0.15, 0.2) is 0 Å². The van der Waals surface area contributed by atoms with Gasteiger partial charge >= 0.3 is 10.4 Å². The summed E-state index contributed by atoms with van der Waals surface area (Å²) in [4.78, 5) is 9.98. The van der Waals surface area contributed by atoms with Gasteiger partial charge in [0.2, 0.25) is 0 Å². The molecule has 8 heteroatoms. The van der Waals surface area contributed by atoms with Crippen LogP contribution in [0.3, 0.4) is 0 Å². The molecule has 0 saturated carbocycles. The topological polar surface area (TPSA) is 107 Å². The van der Waals surface area contributed by atoms with Crippen LogP contribution in [0, 0.1) is 10.1 Å². The van der Waals surface area contributed by atoms with Gasteiger partial charge in [-0.2, -0.15) is 8.42 Å². The number of para-hydroxylation sites is 1. The van der Waals surface area contributed by atoms with Crippen LogP contribution in [0.4, 0.5) is 5.69 Å². The van der Waals surface area contributed by atoms with E-state index in [4.69, 9.17) is 4.55 Å². The van der Waals surface area contributed by atoms with Crippen LogP contribution in [-0.2, 0) is 14.6 Å². The molecule has 0 heterocycles. The maximum Gasteiger partial charge on any atom is 0.397 e. The van der Waals surface area contributed by atoms with E-state index in [2.05, 4.69) is 4.18 Å². The smallest absolute Gasteiger partial charge is 0.264 e. The van der Waals surface area contributed by atoms with Crippen LogP contribution in [0.15, 0.2) is 24.3 Å². The zero-order valence-corrected chi connectivity index (χ0v) is 9.05. The van der Waals surface area contributed by atoms with Gasteiger partial charge in [-0.1, -0.05) is 12.1 Å². The maximum atomic E-state index is 10.6. The SMILES string of the molecule is C[C@H](OS(=O)(=O)O)c1ccccc1[N+](=O)[O-]. The zero-order chi connectivity index (χ0) is 12.3. The van der Waals surface area contributed by atoms with Gasteiger partial charge in [0, 0.05) is 6.07 Å². The number of rotatable bonds is 4. The molecule has 7 nitrogen and oxygen atoms in total. The molecule has 0 aliphatic carbocycles. The van der Waals surface area contributed by atoms with E-state index in [0.29, 0.717) is 0 Å². The fourth-order valence-electron chi connectivity index (χ4n) is 1.23. The van der Waals surface area contributed by atoms with Crippen molar-refractivity contribution in [3.8, 4) is 0 Å². The molecule has 0 fully saturated rings. The molecular formula is C8H9NO6S. The van der Waals surface area contributed by atoms with Crippen LogP contribution < -0.4 is 0 Å². The molecule has 0 bridgehead atoms. The highest BCUT2D eigenvalue weighted by Gasteiger charge is 2.22. The Morgan fingerprint density at radius 3 is 2.50 bits per heavy atom. The van der Waals surface area contributed by atoms with Crippen molar-refractivity contribution in [2.24, 2.45) is 0 Å². The Labute approximate surface area is 91.8 Å². The lowest BCUT2D eigenvalue weighted by Crippen LogP contribution is -2.09. The van der Waals surface area contributed by atoms with Gasteiger partial charge in [0.1, 0.15) is 6.10 Å². The number of nitro benzene ring substituents is 1. The minimum absolute atomic E-state index is 0.0742. The van der Waals surface area contributed by atoms with Gasteiger partial charge < -0.3 is 0 Å². The summed E-state index contributed by atoms with van der Waals surface area (Å²) in [5, 5.41) is 10.6. The fourth-order valence-corrected chi connectivity index (χ4v) is 1.70. The Morgan fingerprint density at radius 2 is 2.00 bits per heavy atom. The highest BCUT2D eigenvalue weighted by molar-refractivity contribution is 7.80. The largest absolute Gasteiger partial charge is 0.397 e. The predicted molar refractivity (Wildman–Crippen MR) is 54.1 cm³/mol. The monoisotopic (exact) mass is 247 g/mol. The Bertz CT molecular complexity index is 497. The molecular weight excluding hydrogens is 238 g/mol. The Balaban J connectivity index is 3.08. The van der Waals surface area contributed by atoms with Crippen molar-refractivity contribution in [1.29, 1.82) is 0 Å². The minimum atomic E-state index is -4.64. The molecule has 0 spiro atoms. The van der Waals surface area contributed by atoms with Crippen molar-refractivity contribution in [2.45, 2.75) is 13.0 Å². The van der Waals surface area contributed by atoms with Gasteiger partial charge in [-0.25, -0.2) is 4.18 Å². The van der Waals surface area contributed by atoms with Crippen molar-refractivity contribution in [3.05, 3.63) is 39.9 Å². The summed E-state index contributed by atoms with van der Waals surface area (Å²) >= 11 is 0. The van der Waals surface area contributed by atoms with E-state index >= 15 is 0 Å². The van der Waals surface area contributed by atoms with E-state index in [9.17, 15) is 18.5 Å². The summed E-state index contributed by atoms with van der Waals surface area (Å²) < 4.78 is 33.6. The van der Waals surface area contributed by atoms with Crippen molar-refractivity contribution < 1.29 is 22.1 Å². The van der Waals surface area contributed by atoms with E-state index in [1.165, 1.54) is 31.2 Å². The number of nitrogens with zero attached hydrogens (tertiary/aromatic N) is 1. The minimum Gasteiger partial charge on any atom is -0.264 e. The molecule has 1 atom stereocenters. The van der Waals surface area contributed by atoms with Crippen LogP contribution in [0.5, 0.6) is 0 Å². The third kappa shape index (κ3) is 3.26. The molecule has 1 N–H and O–H groups in total. The average Bonchev–Trinajstić information content (AvgIpc) is 2.15. The lowest BCUT2D eigenvalue weighted by atomic mass is 10.1. The van der Waals surface area contributed by atoms with Crippen LogP contribution in [-0.4, -0.2) is 17.9 Å². The second-order valence-corrected chi connectivity index (χ2v) is 4.03. The standard InChI is InChI=1S/C8H9NO6S/c1-6(15-16(12,13)14)7-4-2-3-5-8(7)9(10)11/h2-6H,1H3,(H,12,13,14)/t6-/m0/s1. The molecule has 0 unspecified atom stereocenters. The molecule has 88 valence electrons. The molecule has 1 aromatic rings. The van der Waals surface area contributed by atoms with E-state index in [0.717, 1.165) is 0 Å². The summed E-state index contributed by atoms with van der Waals surface area (Å²) in [6.07, 6.45) is -1.13. The highest BCUT2D eigenvalue weighted by atomic mass is 32.3. The van der Waals surface area contributed by atoms with Gasteiger partial charge in [-0.05, 0) is 13.0 Å². The van der Waals surface area contributed by atoms with Crippen LogP contribution in [0.25, 0.3) is 0 Å². The van der Waals surface area contributed by atoms with Crippen molar-refractivity contribution in [2.75, 3.05) is 0 Å². The van der Waals surface area contributed by atoms with E-state index in [1.54, 1.807) is 0 Å². The quantitative estimate of drug-likeness (QED) is 0.490. The van der Waals surface area contributed by atoms with Crippen molar-refractivity contribution >= 4 is 16.1 Å². The summed E-state index contributed by atoms with van der Waals surface area (Å²) in [6, 6.07) is 5.53. The fraction of sp³-hybridized carbons (Fsp3) is 0.250. The molecule has 0 aliphatic heterocycles. The molecule has 0 aliphatic rings. The Morgan fingerprint density at radius 1 is 1.44 bits per heavy atom. The number of hydrogen-bond donors (Lipinski definition) is 1. The third-order valence-corrected chi connectivity index (χ3v) is 2.37. The summed E-state index contributed by atoms with van der Waals surface area (Å²) in [7, 11) is -4.64. The van der Waals surface area contributed by atoms with Crippen molar-refractivity contribution in [1.82, 2.24) is 0 Å². The molecule has 0 saturated heterocycles. The number of hydrogen-bond acceptors (Lipinski definition) is 5. The first kappa shape index (κ1) is 12.6. The van der Waals surface area contributed by atoms with E-state index in [-0.39, 0.29) is 11.3 Å². The van der Waals surface area contributed by atoms with Gasteiger partial charge in [-0.15, -0.1) is 0 Å². The normalized spacial score (nSPS) is 13.4. The van der Waals surface area contributed by atoms with Gasteiger partial charge in [0.25, 0.3) is 5.69 Å². The van der Waals surface area contributed by atoms with Gasteiger partial charge in [-0.3, -0.25) is 14.7 Å². The molecule has 0 aromatic heterocycles. The second kappa shape index (κ2) is 4.56. The zero-order valence-electron chi connectivity index (χ0n) is 8.23. The van der Waals surface area contributed by atoms with Crippen LogP contribution in [0.1, 0.15) is 18.6 Å². The molecule has 0 radical (unpaired) electrons. The maximum absolute atomic E-state index is 10.6. The first-order valence-electron chi connectivity index (χ1n) is 4.20. The first-order chi connectivity index (χ1) is 7.31. The van der Waals surface area contributed by atoms with E-state index < -0.39 is 21.4 Å². The first-order valence-corrected chi connectivity index (χ1v) is 5.57. The van der Waals surface area contributed by atoms with Gasteiger partial charge in [0.05, 0.1) is 10.5 Å². The lowest BCUT2D eigenvalue weighted by Gasteiger charge is -2.10. The molecule has 0 amide bonds. The number of benzene rings is 1. The summed E-state index contributed by atoms with van der Waals surface area (Å²) in [5.41, 5.74) is -0.191. The molecule has 1 aromatic carbocycles. The number of nitro groups is 1. The second-order valence-electron chi connectivity index (χ2n) is 2.98. The van der Waals surface area contributed by atoms with Crippen molar-refractivity contribution in [3.63, 3.8) is 0 Å². The predicted octanol–water partition coefficient (Wildman–Crippen LogP) is 1.48. The van der Waals surface area contributed by atoms with Crippen LogP contribution in [0.2, 0.25) is 0 Å². The lowest BCUT2D eigenvalue weighted by molar-refractivity contribution is -0.386. The Kier molecular flexibility index (Phi) is 3.58. The highest BCUT2D eigenvalue weighted by Crippen LogP contribution is 2.27. The van der Waals surface area contributed by atoms with Crippen LogP contribution >= 0.6 is 0 Å². The Hall–Kier alpha value is -1.51. The molecule has 16 heavy (non-hydrogen) atoms.